The molecule has 0 saturated carbocycles. The van der Waals surface area contributed by atoms with Gasteiger partial charge in [0, 0.05) is 56.6 Å². The largest absolute Gasteiger partial charge is 0.378 e. The number of nitrogens with zero attached hydrogens (tertiary/aromatic N) is 5. The number of piperidine rings is 1. The number of carbonyl (C=O) groups is 1. The van der Waals surface area contributed by atoms with E-state index in [0.717, 1.165) is 42.0 Å². The Morgan fingerprint density at radius 1 is 1.20 bits per heavy atom. The molecule has 1 aromatic carbocycles. The maximum atomic E-state index is 13.1. The minimum atomic E-state index is 0.0628. The minimum Gasteiger partial charge on any atom is -0.378 e. The number of amides is 1. The van der Waals surface area contributed by atoms with Crippen molar-refractivity contribution in [3.8, 4) is 11.3 Å². The van der Waals surface area contributed by atoms with Gasteiger partial charge in [0.1, 0.15) is 5.82 Å². The molecule has 1 atom stereocenters. The van der Waals surface area contributed by atoms with E-state index < -0.39 is 0 Å². The topological polar surface area (TPSA) is 75.4 Å². The molecule has 7 nitrogen and oxygen atoms in total. The van der Waals surface area contributed by atoms with Gasteiger partial charge in [0.2, 0.25) is 0 Å². The van der Waals surface area contributed by atoms with Crippen LogP contribution in [-0.4, -0.2) is 53.1 Å². The van der Waals surface area contributed by atoms with Crippen LogP contribution < -0.4 is 4.90 Å². The van der Waals surface area contributed by atoms with Gasteiger partial charge < -0.3 is 14.3 Å². The molecule has 4 rings (SSSR count). The van der Waals surface area contributed by atoms with Gasteiger partial charge >= 0.3 is 0 Å². The van der Waals surface area contributed by atoms with E-state index in [-0.39, 0.29) is 11.8 Å². The molecule has 1 unspecified atom stereocenters. The molecule has 1 saturated heterocycles. The Balaban J connectivity index is 1.58. The molecule has 0 spiro atoms. The Kier molecular flexibility index (Phi) is 5.53. The van der Waals surface area contributed by atoms with Crippen molar-refractivity contribution < 1.29 is 9.32 Å². The summed E-state index contributed by atoms with van der Waals surface area (Å²) in [4.78, 5) is 26.2. The highest BCUT2D eigenvalue weighted by atomic mass is 16.5. The lowest BCUT2D eigenvalue weighted by Gasteiger charge is -2.33. The highest BCUT2D eigenvalue weighted by Crippen LogP contribution is 2.33. The van der Waals surface area contributed by atoms with Crippen LogP contribution in [0.2, 0.25) is 0 Å². The summed E-state index contributed by atoms with van der Waals surface area (Å²) in [5, 5.41) is 4.01. The monoisotopic (exact) mass is 405 g/mol. The first-order valence-electron chi connectivity index (χ1n) is 10.3. The number of hydrogen-bond acceptors (Lipinski definition) is 6. The summed E-state index contributed by atoms with van der Waals surface area (Å²) in [6.45, 7) is 5.16. The van der Waals surface area contributed by atoms with Crippen LogP contribution in [0, 0.1) is 13.8 Å². The molecule has 1 aliphatic rings. The number of anilines is 1. The number of benzene rings is 1. The molecule has 30 heavy (non-hydrogen) atoms. The SMILES string of the molecule is Cc1cc(-c2cnc(C)nc2C2CCCN(C(=O)c3ccc(N(C)C)cc3)C2)on1. The molecule has 156 valence electrons. The lowest BCUT2D eigenvalue weighted by Crippen LogP contribution is -2.39. The molecule has 3 aromatic rings. The summed E-state index contributed by atoms with van der Waals surface area (Å²) < 4.78 is 5.48. The third-order valence-electron chi connectivity index (χ3n) is 5.56. The summed E-state index contributed by atoms with van der Waals surface area (Å²) in [5.74, 6) is 1.58. The van der Waals surface area contributed by atoms with Crippen LogP contribution in [0.3, 0.4) is 0 Å². The van der Waals surface area contributed by atoms with Crippen LogP contribution in [0.25, 0.3) is 11.3 Å². The lowest BCUT2D eigenvalue weighted by atomic mass is 9.91. The number of aromatic nitrogens is 3. The molecular weight excluding hydrogens is 378 g/mol. The van der Waals surface area contributed by atoms with Gasteiger partial charge in [-0.25, -0.2) is 9.97 Å². The molecule has 0 radical (unpaired) electrons. The number of aryl methyl sites for hydroxylation is 2. The molecule has 1 fully saturated rings. The van der Waals surface area contributed by atoms with Gasteiger partial charge in [-0.2, -0.15) is 0 Å². The number of carbonyl (C=O) groups excluding carboxylic acids is 1. The van der Waals surface area contributed by atoms with E-state index in [2.05, 4.69) is 10.1 Å². The van der Waals surface area contributed by atoms with E-state index in [1.807, 2.05) is 68.1 Å². The van der Waals surface area contributed by atoms with E-state index in [1.54, 1.807) is 6.20 Å². The van der Waals surface area contributed by atoms with Crippen LogP contribution in [-0.2, 0) is 0 Å². The number of hydrogen-bond donors (Lipinski definition) is 0. The normalized spacial score (nSPS) is 16.5. The van der Waals surface area contributed by atoms with E-state index in [0.29, 0.717) is 23.7 Å². The molecule has 7 heteroatoms. The van der Waals surface area contributed by atoms with Crippen molar-refractivity contribution in [1.29, 1.82) is 0 Å². The predicted octanol–water partition coefficient (Wildman–Crippen LogP) is 3.83. The maximum absolute atomic E-state index is 13.1. The van der Waals surface area contributed by atoms with Crippen molar-refractivity contribution in [3.63, 3.8) is 0 Å². The van der Waals surface area contributed by atoms with Crippen LogP contribution >= 0.6 is 0 Å². The van der Waals surface area contributed by atoms with Crippen LogP contribution in [0.1, 0.15) is 46.3 Å². The van der Waals surface area contributed by atoms with Gasteiger partial charge in [0.25, 0.3) is 5.91 Å². The summed E-state index contributed by atoms with van der Waals surface area (Å²) in [6.07, 6.45) is 3.71. The molecule has 3 heterocycles. The van der Waals surface area contributed by atoms with Crippen molar-refractivity contribution in [2.45, 2.75) is 32.6 Å². The van der Waals surface area contributed by atoms with E-state index in [9.17, 15) is 4.79 Å². The molecule has 0 bridgehead atoms. The zero-order chi connectivity index (χ0) is 21.3. The van der Waals surface area contributed by atoms with Crippen molar-refractivity contribution in [2.24, 2.45) is 0 Å². The molecule has 0 N–H and O–H groups in total. The van der Waals surface area contributed by atoms with Crippen LogP contribution in [0.5, 0.6) is 0 Å². The fourth-order valence-corrected chi connectivity index (χ4v) is 3.95. The highest BCUT2D eigenvalue weighted by Gasteiger charge is 2.29. The Morgan fingerprint density at radius 3 is 2.63 bits per heavy atom. The van der Waals surface area contributed by atoms with E-state index >= 15 is 0 Å². The van der Waals surface area contributed by atoms with Crippen molar-refractivity contribution in [2.75, 3.05) is 32.1 Å². The van der Waals surface area contributed by atoms with Gasteiger partial charge in [-0.1, -0.05) is 5.16 Å². The van der Waals surface area contributed by atoms with Crippen molar-refractivity contribution >= 4 is 11.6 Å². The Bertz CT molecular complexity index is 1040. The van der Waals surface area contributed by atoms with Crippen molar-refractivity contribution in [1.82, 2.24) is 20.0 Å². The van der Waals surface area contributed by atoms with Crippen LogP contribution in [0.4, 0.5) is 5.69 Å². The second kappa shape index (κ2) is 8.26. The van der Waals surface area contributed by atoms with Gasteiger partial charge in [-0.15, -0.1) is 0 Å². The molecule has 1 amide bonds. The van der Waals surface area contributed by atoms with Gasteiger partial charge in [0.15, 0.2) is 5.76 Å². The average molecular weight is 406 g/mol. The Labute approximate surface area is 176 Å². The summed E-state index contributed by atoms with van der Waals surface area (Å²) >= 11 is 0. The predicted molar refractivity (Wildman–Crippen MR) is 116 cm³/mol. The first kappa shape index (κ1) is 20.1. The maximum Gasteiger partial charge on any atom is 0.253 e. The summed E-state index contributed by atoms with van der Waals surface area (Å²) in [5.41, 5.74) is 4.39. The minimum absolute atomic E-state index is 0.0628. The van der Waals surface area contributed by atoms with Crippen molar-refractivity contribution in [3.05, 3.63) is 59.3 Å². The standard InChI is InChI=1S/C23H27N5O2/c1-15-12-21(30-26-15)20-13-24-16(2)25-22(20)18-6-5-11-28(14-18)23(29)17-7-9-19(10-8-17)27(3)4/h7-10,12-13,18H,5-6,11,14H2,1-4H3. The third kappa shape index (κ3) is 4.06. The summed E-state index contributed by atoms with van der Waals surface area (Å²) in [7, 11) is 3.98. The second-order valence-electron chi connectivity index (χ2n) is 8.08. The smallest absolute Gasteiger partial charge is 0.253 e. The first-order chi connectivity index (χ1) is 14.4. The number of likely N-dealkylation sites (tertiary alicyclic amines) is 1. The Hall–Kier alpha value is -3.22. The molecule has 0 aliphatic carbocycles. The number of rotatable bonds is 4. The summed E-state index contributed by atoms with van der Waals surface area (Å²) in [6, 6.07) is 9.66. The molecule has 1 aliphatic heterocycles. The Morgan fingerprint density at radius 2 is 1.97 bits per heavy atom. The van der Waals surface area contributed by atoms with E-state index in [4.69, 9.17) is 9.51 Å². The highest BCUT2D eigenvalue weighted by molar-refractivity contribution is 5.94. The van der Waals surface area contributed by atoms with Gasteiger partial charge in [0.05, 0.1) is 17.0 Å². The van der Waals surface area contributed by atoms with Crippen LogP contribution in [0.15, 0.2) is 41.1 Å². The zero-order valence-corrected chi connectivity index (χ0v) is 17.9. The fraction of sp³-hybridized carbons (Fsp3) is 0.391. The molecular formula is C23H27N5O2. The zero-order valence-electron chi connectivity index (χ0n) is 17.9. The second-order valence-corrected chi connectivity index (χ2v) is 8.08. The fourth-order valence-electron chi connectivity index (χ4n) is 3.95. The van der Waals surface area contributed by atoms with E-state index in [1.165, 1.54) is 0 Å². The first-order valence-corrected chi connectivity index (χ1v) is 10.3. The average Bonchev–Trinajstić information content (AvgIpc) is 3.19. The van der Waals surface area contributed by atoms with Gasteiger partial charge in [-0.3, -0.25) is 4.79 Å². The third-order valence-corrected chi connectivity index (χ3v) is 5.56. The lowest BCUT2D eigenvalue weighted by molar-refractivity contribution is 0.0706. The molecule has 2 aromatic heterocycles. The quantitative estimate of drug-likeness (QED) is 0.657. The van der Waals surface area contributed by atoms with Gasteiger partial charge in [-0.05, 0) is 51.0 Å².